The highest BCUT2D eigenvalue weighted by molar-refractivity contribution is 7.99. The molecule has 132 valence electrons. The molecule has 1 fully saturated rings. The average Bonchev–Trinajstić information content (AvgIpc) is 3.14. The molecule has 0 aliphatic carbocycles. The number of benzene rings is 1. The van der Waals surface area contributed by atoms with Crippen LogP contribution in [0, 0.1) is 19.7 Å². The number of aromatic nitrogens is 1. The molecule has 0 spiro atoms. The van der Waals surface area contributed by atoms with Gasteiger partial charge in [0, 0.05) is 22.8 Å². The zero-order valence-corrected chi connectivity index (χ0v) is 14.8. The highest BCUT2D eigenvalue weighted by Crippen LogP contribution is 2.29. The molecule has 2 N–H and O–H groups in total. The lowest BCUT2D eigenvalue weighted by molar-refractivity contribution is -0.143. The number of thioether (sulfide) groups is 1. The molecule has 1 atom stereocenters. The summed E-state index contributed by atoms with van der Waals surface area (Å²) in [5.41, 5.74) is 1.48. The molecule has 2 aromatic rings. The minimum atomic E-state index is -1.21. The first-order valence-corrected chi connectivity index (χ1v) is 9.08. The maximum atomic E-state index is 13.2. The maximum absolute atomic E-state index is 13.2. The topological polar surface area (TPSA) is 71.3 Å². The summed E-state index contributed by atoms with van der Waals surface area (Å²) in [5.74, 6) is -0.651. The largest absolute Gasteiger partial charge is 0.479 e. The van der Waals surface area contributed by atoms with Crippen LogP contribution in [0.15, 0.2) is 30.3 Å². The van der Waals surface area contributed by atoms with Crippen LogP contribution >= 0.6 is 11.8 Å². The van der Waals surface area contributed by atoms with Crippen LogP contribution in [0.4, 0.5) is 4.39 Å². The van der Waals surface area contributed by atoms with E-state index in [0.717, 1.165) is 11.4 Å². The van der Waals surface area contributed by atoms with Crippen molar-refractivity contribution in [3.05, 3.63) is 53.1 Å². The number of halogens is 1. The normalized spacial score (nSPS) is 19.8. The van der Waals surface area contributed by atoms with E-state index in [4.69, 9.17) is 0 Å². The molecule has 7 heteroatoms. The molecule has 5 nitrogen and oxygen atoms in total. The van der Waals surface area contributed by atoms with Gasteiger partial charge in [0.05, 0.1) is 5.56 Å². The van der Waals surface area contributed by atoms with E-state index in [2.05, 4.69) is 5.32 Å². The predicted octanol–water partition coefficient (Wildman–Crippen LogP) is 2.92. The number of hydrogen-bond donors (Lipinski definition) is 2. The lowest BCUT2D eigenvalue weighted by Gasteiger charge is -2.24. The highest BCUT2D eigenvalue weighted by atomic mass is 32.2. The lowest BCUT2D eigenvalue weighted by Crippen LogP contribution is -2.54. The molecular weight excluding hydrogens is 343 g/mol. The molecule has 1 aliphatic rings. The Hall–Kier alpha value is -2.28. The third-order valence-electron chi connectivity index (χ3n) is 4.54. The van der Waals surface area contributed by atoms with Gasteiger partial charge in [0.25, 0.3) is 5.91 Å². The van der Waals surface area contributed by atoms with Crippen LogP contribution in [0.3, 0.4) is 0 Å². The van der Waals surface area contributed by atoms with Crippen molar-refractivity contribution in [2.75, 3.05) is 11.5 Å². The summed E-state index contributed by atoms with van der Waals surface area (Å²) in [4.78, 5) is 24.4. The summed E-state index contributed by atoms with van der Waals surface area (Å²) in [6, 6.07) is 7.74. The average molecular weight is 362 g/mol. The Morgan fingerprint density at radius 3 is 2.52 bits per heavy atom. The Morgan fingerprint density at radius 2 is 1.96 bits per heavy atom. The van der Waals surface area contributed by atoms with Gasteiger partial charge in [-0.2, -0.15) is 11.8 Å². The first-order chi connectivity index (χ1) is 11.8. The summed E-state index contributed by atoms with van der Waals surface area (Å²) >= 11 is 1.52. The molecule has 2 heterocycles. The number of nitrogens with one attached hydrogen (secondary N) is 1. The second-order valence-corrected chi connectivity index (χ2v) is 7.35. The van der Waals surface area contributed by atoms with E-state index >= 15 is 0 Å². The number of rotatable bonds is 4. The third-order valence-corrected chi connectivity index (χ3v) is 5.73. The monoisotopic (exact) mass is 362 g/mol. The van der Waals surface area contributed by atoms with Gasteiger partial charge in [-0.25, -0.2) is 9.18 Å². The fourth-order valence-corrected chi connectivity index (χ4v) is 4.48. The summed E-state index contributed by atoms with van der Waals surface area (Å²) in [5, 5.41) is 12.2. The van der Waals surface area contributed by atoms with Crippen molar-refractivity contribution in [1.82, 2.24) is 9.88 Å². The minimum absolute atomic E-state index is 0.327. The molecule has 1 aliphatic heterocycles. The number of aliphatic carboxylic acids is 1. The number of carbonyl (C=O) groups is 2. The van der Waals surface area contributed by atoms with Gasteiger partial charge < -0.3 is 15.0 Å². The first-order valence-electron chi connectivity index (χ1n) is 7.92. The summed E-state index contributed by atoms with van der Waals surface area (Å²) in [6.45, 7) is 3.65. The number of carbonyl (C=O) groups excluding carboxylic acids is 1. The van der Waals surface area contributed by atoms with Crippen LogP contribution in [-0.4, -0.2) is 38.6 Å². The third kappa shape index (κ3) is 3.16. The van der Waals surface area contributed by atoms with Crippen molar-refractivity contribution in [2.24, 2.45) is 0 Å². The predicted molar refractivity (Wildman–Crippen MR) is 95.0 cm³/mol. The SMILES string of the molecule is Cc1cc(C(=O)NC2(C(=O)O)CCSC2)c(C)n1-c1ccc(F)cc1. The van der Waals surface area contributed by atoms with Crippen molar-refractivity contribution in [3.63, 3.8) is 0 Å². The number of carboxylic acids is 1. The fourth-order valence-electron chi connectivity index (χ4n) is 3.15. The maximum Gasteiger partial charge on any atom is 0.330 e. The second kappa shape index (κ2) is 6.55. The van der Waals surface area contributed by atoms with Gasteiger partial charge in [0.2, 0.25) is 0 Å². The van der Waals surface area contributed by atoms with Gasteiger partial charge in [-0.05, 0) is 56.4 Å². The number of aryl methyl sites for hydroxylation is 1. The van der Waals surface area contributed by atoms with E-state index in [1.807, 2.05) is 11.5 Å². The van der Waals surface area contributed by atoms with Crippen LogP contribution in [0.25, 0.3) is 5.69 Å². The summed E-state index contributed by atoms with van der Waals surface area (Å²) in [6.07, 6.45) is 0.412. The Labute approximate surface area is 149 Å². The van der Waals surface area contributed by atoms with E-state index < -0.39 is 17.4 Å². The van der Waals surface area contributed by atoms with E-state index in [9.17, 15) is 19.1 Å². The Balaban J connectivity index is 1.93. The van der Waals surface area contributed by atoms with Gasteiger partial charge in [-0.1, -0.05) is 0 Å². The first kappa shape index (κ1) is 17.5. The van der Waals surface area contributed by atoms with Crippen molar-refractivity contribution >= 4 is 23.6 Å². The van der Waals surface area contributed by atoms with E-state index in [1.54, 1.807) is 25.1 Å². The Bertz CT molecular complexity index is 824. The van der Waals surface area contributed by atoms with Crippen LogP contribution in [0.5, 0.6) is 0 Å². The fraction of sp³-hybridized carbons (Fsp3) is 0.333. The van der Waals surface area contributed by atoms with Crippen LogP contribution in [-0.2, 0) is 4.79 Å². The quantitative estimate of drug-likeness (QED) is 0.877. The van der Waals surface area contributed by atoms with Crippen molar-refractivity contribution in [1.29, 1.82) is 0 Å². The van der Waals surface area contributed by atoms with Gasteiger partial charge in [0.1, 0.15) is 11.4 Å². The summed E-state index contributed by atoms with van der Waals surface area (Å²) < 4.78 is 15.0. The highest BCUT2D eigenvalue weighted by Gasteiger charge is 2.43. The van der Waals surface area contributed by atoms with Crippen molar-refractivity contribution in [3.8, 4) is 5.69 Å². The smallest absolute Gasteiger partial charge is 0.330 e. The zero-order chi connectivity index (χ0) is 18.2. The lowest BCUT2D eigenvalue weighted by atomic mass is 9.98. The van der Waals surface area contributed by atoms with Crippen molar-refractivity contribution in [2.45, 2.75) is 25.8 Å². The number of amides is 1. The van der Waals surface area contributed by atoms with Crippen molar-refractivity contribution < 1.29 is 19.1 Å². The van der Waals surface area contributed by atoms with E-state index in [-0.39, 0.29) is 5.82 Å². The molecule has 1 unspecified atom stereocenters. The number of carboxylic acid groups (broad SMARTS) is 1. The number of hydrogen-bond acceptors (Lipinski definition) is 3. The minimum Gasteiger partial charge on any atom is -0.479 e. The molecule has 25 heavy (non-hydrogen) atoms. The molecule has 0 bridgehead atoms. The van der Waals surface area contributed by atoms with E-state index in [0.29, 0.717) is 29.2 Å². The van der Waals surface area contributed by atoms with E-state index in [1.165, 1.54) is 23.9 Å². The standard InChI is InChI=1S/C18H19FN2O3S/c1-11-9-15(12(2)21(11)14-5-3-13(19)4-6-14)16(22)20-18(17(23)24)7-8-25-10-18/h3-6,9H,7-8,10H2,1-2H3,(H,20,22)(H,23,24). The molecule has 1 aromatic heterocycles. The molecule has 3 rings (SSSR count). The Morgan fingerprint density at radius 1 is 1.28 bits per heavy atom. The molecular formula is C18H19FN2O3S. The second-order valence-electron chi connectivity index (χ2n) is 6.24. The molecule has 0 radical (unpaired) electrons. The van der Waals surface area contributed by atoms with Crippen LogP contribution in [0.2, 0.25) is 0 Å². The van der Waals surface area contributed by atoms with Gasteiger partial charge in [0.15, 0.2) is 0 Å². The molecule has 1 saturated heterocycles. The Kier molecular flexibility index (Phi) is 4.60. The molecule has 0 saturated carbocycles. The van der Waals surface area contributed by atoms with Crippen LogP contribution in [0.1, 0.15) is 28.2 Å². The van der Waals surface area contributed by atoms with Gasteiger partial charge in [-0.15, -0.1) is 0 Å². The molecule has 1 aromatic carbocycles. The summed E-state index contributed by atoms with van der Waals surface area (Å²) in [7, 11) is 0. The van der Waals surface area contributed by atoms with Gasteiger partial charge >= 0.3 is 5.97 Å². The number of nitrogens with zero attached hydrogens (tertiary/aromatic N) is 1. The van der Waals surface area contributed by atoms with Crippen LogP contribution < -0.4 is 5.32 Å². The van der Waals surface area contributed by atoms with Gasteiger partial charge in [-0.3, -0.25) is 4.79 Å². The zero-order valence-electron chi connectivity index (χ0n) is 14.0. The molecule has 1 amide bonds.